The van der Waals surface area contributed by atoms with Crippen LogP contribution in [0.2, 0.25) is 0 Å². The van der Waals surface area contributed by atoms with Crippen molar-refractivity contribution in [3.63, 3.8) is 0 Å². The topological polar surface area (TPSA) is 283 Å². The zero-order valence-corrected chi connectivity index (χ0v) is 40.3. The number of aromatic hydroxyl groups is 14. The van der Waals surface area contributed by atoms with Gasteiger partial charge in [0, 0.05) is 93.1 Å². The zero-order chi connectivity index (χ0) is 53.5. The molecule has 14 N–H and O–H groups in total. The Hall–Kier alpha value is -9.56. The van der Waals surface area contributed by atoms with Gasteiger partial charge in [-0.25, -0.2) is 0 Å². The molecule has 9 aromatic rings. The first-order valence-electron chi connectivity index (χ1n) is 24.1. The van der Waals surface area contributed by atoms with Crippen LogP contribution in [0, 0.1) is 5.92 Å². The van der Waals surface area contributed by atoms with E-state index in [0.29, 0.717) is 28.2 Å². The fourth-order valence-corrected chi connectivity index (χ4v) is 10.1. The SMILES string of the molecule is Oc1ccc(C(c2ccc(O)cc2O)C2CCCCC2)c(O)c1.Oc1ccc(C(c2ccc(O)cc2O)c2c(O)cccc2O)c(O)c1.Oc1ccc(C(c2ccc3ccccc3c2)c2ccc(O)cc2O)c(O)c1. The van der Waals surface area contributed by atoms with Gasteiger partial charge < -0.3 is 71.5 Å². The molecule has 0 aliphatic heterocycles. The van der Waals surface area contributed by atoms with E-state index in [2.05, 4.69) is 0 Å². The van der Waals surface area contributed by atoms with Crippen molar-refractivity contribution in [3.05, 3.63) is 214 Å². The lowest BCUT2D eigenvalue weighted by molar-refractivity contribution is 0.316. The number of rotatable bonds is 9. The standard InChI is InChI=1S/C23H18O4.C19H16O6.C19H22O4/c24-17-7-9-19(21(26)12-17)23(20-10-8-18(25)13-22(20)27)16-6-5-14-3-1-2-4-15(14)11-16;20-10-4-6-12(16(24)8-10)18(13-7-5-11(21)9-17(13)25)19-14(22)2-1-3-15(19)23;20-13-6-8-15(17(22)10-13)19(12-4-2-1-3-5-12)16-9-7-14(21)11-18(16)23/h1-13,23-27H;1-9,18,20-25H;6-12,19-23H,1-5H2. The summed E-state index contributed by atoms with van der Waals surface area (Å²) >= 11 is 0. The van der Waals surface area contributed by atoms with Gasteiger partial charge in [-0.3, -0.25) is 0 Å². The highest BCUT2D eigenvalue weighted by atomic mass is 16.3. The molecule has 14 heteroatoms. The van der Waals surface area contributed by atoms with Crippen molar-refractivity contribution >= 4 is 10.8 Å². The molecule has 1 fully saturated rings. The molecule has 0 radical (unpaired) electrons. The van der Waals surface area contributed by atoms with Gasteiger partial charge in [-0.2, -0.15) is 0 Å². The minimum absolute atomic E-state index is 0.0172. The lowest BCUT2D eigenvalue weighted by Crippen LogP contribution is -2.18. The maximum absolute atomic E-state index is 10.5. The summed E-state index contributed by atoms with van der Waals surface area (Å²) in [6.07, 6.45) is 5.56. The zero-order valence-electron chi connectivity index (χ0n) is 40.3. The highest BCUT2D eigenvalue weighted by Crippen LogP contribution is 2.50. The van der Waals surface area contributed by atoms with Crippen LogP contribution in [0.15, 0.2) is 170 Å². The smallest absolute Gasteiger partial charge is 0.123 e. The highest BCUT2D eigenvalue weighted by molar-refractivity contribution is 5.83. The monoisotopic (exact) mass is 1010 g/mol. The van der Waals surface area contributed by atoms with E-state index in [4.69, 9.17) is 0 Å². The van der Waals surface area contributed by atoms with Crippen LogP contribution < -0.4 is 0 Å². The molecule has 75 heavy (non-hydrogen) atoms. The van der Waals surface area contributed by atoms with Crippen LogP contribution in [0.1, 0.15) is 94.4 Å². The number of hydrogen-bond donors (Lipinski definition) is 14. The average molecular weight is 1010 g/mol. The average Bonchev–Trinajstić information content (AvgIpc) is 3.37. The van der Waals surface area contributed by atoms with Crippen molar-refractivity contribution in [2.75, 3.05) is 0 Å². The van der Waals surface area contributed by atoms with Crippen molar-refractivity contribution in [2.24, 2.45) is 5.92 Å². The Morgan fingerprint density at radius 2 is 0.627 bits per heavy atom. The van der Waals surface area contributed by atoms with E-state index in [1.165, 1.54) is 85.3 Å². The van der Waals surface area contributed by atoms with Crippen LogP contribution in [0.25, 0.3) is 10.8 Å². The van der Waals surface area contributed by atoms with E-state index in [1.807, 2.05) is 42.5 Å². The summed E-state index contributed by atoms with van der Waals surface area (Å²) in [7, 11) is 0. The molecule has 1 aliphatic carbocycles. The first-order chi connectivity index (χ1) is 36.0. The van der Waals surface area contributed by atoms with Crippen LogP contribution in [0.5, 0.6) is 80.5 Å². The Morgan fingerprint density at radius 1 is 0.280 bits per heavy atom. The Labute approximate surface area is 431 Å². The molecule has 384 valence electrons. The normalized spacial score (nSPS) is 12.5. The molecule has 0 saturated heterocycles. The third kappa shape index (κ3) is 11.7. The molecule has 1 aliphatic rings. The van der Waals surface area contributed by atoms with Crippen LogP contribution in [0.3, 0.4) is 0 Å². The second-order valence-electron chi connectivity index (χ2n) is 18.5. The van der Waals surface area contributed by atoms with Gasteiger partial charge in [0.1, 0.15) is 80.5 Å². The van der Waals surface area contributed by atoms with Crippen molar-refractivity contribution in [1.29, 1.82) is 0 Å². The molecule has 9 aromatic carbocycles. The third-order valence-electron chi connectivity index (χ3n) is 13.6. The molecule has 10 rings (SSSR count). The molecule has 1 saturated carbocycles. The number of benzene rings is 9. The second-order valence-corrected chi connectivity index (χ2v) is 18.5. The van der Waals surface area contributed by atoms with Crippen LogP contribution >= 0.6 is 0 Å². The summed E-state index contributed by atoms with van der Waals surface area (Å²) in [4.78, 5) is 0. The fraction of sp³-hybridized carbons (Fsp3) is 0.148. The van der Waals surface area contributed by atoms with Crippen molar-refractivity contribution in [1.82, 2.24) is 0 Å². The van der Waals surface area contributed by atoms with Gasteiger partial charge in [-0.05, 0) is 83.6 Å². The van der Waals surface area contributed by atoms with Crippen molar-refractivity contribution in [3.8, 4) is 80.5 Å². The van der Waals surface area contributed by atoms with Gasteiger partial charge in [0.15, 0.2) is 0 Å². The summed E-state index contributed by atoms with van der Waals surface area (Å²) in [5.41, 5.74) is 3.94. The Bertz CT molecular complexity index is 3300. The molecule has 0 amide bonds. The molecule has 0 heterocycles. The van der Waals surface area contributed by atoms with Crippen molar-refractivity contribution in [2.45, 2.75) is 49.9 Å². The predicted molar refractivity (Wildman–Crippen MR) is 283 cm³/mol. The van der Waals surface area contributed by atoms with E-state index in [1.54, 1.807) is 36.4 Å². The molecule has 0 unspecified atom stereocenters. The Balaban J connectivity index is 0.000000150. The van der Waals surface area contributed by atoms with Gasteiger partial charge in [0.2, 0.25) is 0 Å². The largest absolute Gasteiger partial charge is 0.508 e. The molecule has 0 bridgehead atoms. The molecule has 14 nitrogen and oxygen atoms in total. The maximum atomic E-state index is 10.5. The number of hydrogen-bond acceptors (Lipinski definition) is 14. The first-order valence-corrected chi connectivity index (χ1v) is 24.1. The van der Waals surface area contributed by atoms with Crippen LogP contribution in [-0.2, 0) is 0 Å². The summed E-state index contributed by atoms with van der Waals surface area (Å²) in [5.74, 6) is -2.70. The Kier molecular flexibility index (Phi) is 15.5. The third-order valence-corrected chi connectivity index (χ3v) is 13.6. The Morgan fingerprint density at radius 3 is 1.00 bits per heavy atom. The minimum atomic E-state index is -0.942. The molecular formula is C61H56O14. The van der Waals surface area contributed by atoms with Crippen LogP contribution in [0.4, 0.5) is 0 Å². The van der Waals surface area contributed by atoms with E-state index >= 15 is 0 Å². The fourth-order valence-electron chi connectivity index (χ4n) is 10.1. The van der Waals surface area contributed by atoms with E-state index in [9.17, 15) is 71.5 Å². The molecule has 0 aromatic heterocycles. The van der Waals surface area contributed by atoms with Gasteiger partial charge in [0.25, 0.3) is 0 Å². The summed E-state index contributed by atoms with van der Waals surface area (Å²) in [6, 6.07) is 43.9. The number of phenols is 14. The van der Waals surface area contributed by atoms with E-state index in [-0.39, 0.29) is 103 Å². The highest BCUT2D eigenvalue weighted by Gasteiger charge is 2.32. The quantitative estimate of drug-likeness (QED) is 0.0599. The lowest BCUT2D eigenvalue weighted by atomic mass is 9.73. The minimum Gasteiger partial charge on any atom is -0.508 e. The van der Waals surface area contributed by atoms with E-state index in [0.717, 1.165) is 54.2 Å². The number of phenolic OH excluding ortho intramolecular Hbond substituents is 14. The van der Waals surface area contributed by atoms with Gasteiger partial charge >= 0.3 is 0 Å². The van der Waals surface area contributed by atoms with Gasteiger partial charge in [-0.1, -0.05) is 104 Å². The lowest BCUT2D eigenvalue weighted by Gasteiger charge is -2.32. The summed E-state index contributed by atoms with van der Waals surface area (Å²) in [6.45, 7) is 0. The van der Waals surface area contributed by atoms with E-state index < -0.39 is 11.8 Å². The molecule has 0 spiro atoms. The predicted octanol–water partition coefficient (Wildman–Crippen LogP) is 12.2. The van der Waals surface area contributed by atoms with Gasteiger partial charge in [-0.15, -0.1) is 0 Å². The van der Waals surface area contributed by atoms with Crippen molar-refractivity contribution < 1.29 is 71.5 Å². The summed E-state index contributed by atoms with van der Waals surface area (Å²) < 4.78 is 0. The molecule has 0 atom stereocenters. The first kappa shape index (κ1) is 51.8. The summed E-state index contributed by atoms with van der Waals surface area (Å²) in [5, 5.41) is 142. The second kappa shape index (κ2) is 22.5. The van der Waals surface area contributed by atoms with Crippen LogP contribution in [-0.4, -0.2) is 71.5 Å². The van der Waals surface area contributed by atoms with Gasteiger partial charge in [0.05, 0.1) is 0 Å². The number of fused-ring (bicyclic) bond motifs is 1. The molecular weight excluding hydrogens is 957 g/mol. The maximum Gasteiger partial charge on any atom is 0.123 e.